The molecule has 0 bridgehead atoms. The molecule has 0 aliphatic heterocycles. The van der Waals surface area contributed by atoms with Crippen LogP contribution in [0.4, 0.5) is 10.2 Å². The first-order valence-electron chi connectivity index (χ1n) is 9.82. The number of carbonyl (C=O) groups excluding carboxylic acids is 1. The third-order valence-electron chi connectivity index (χ3n) is 4.89. The van der Waals surface area contributed by atoms with Gasteiger partial charge >= 0.3 is 0 Å². The van der Waals surface area contributed by atoms with Crippen LogP contribution < -0.4 is 10.1 Å². The fraction of sp³-hybridized carbons (Fsp3) is 0.174. The zero-order valence-electron chi connectivity index (χ0n) is 17.4. The summed E-state index contributed by atoms with van der Waals surface area (Å²) in [6.07, 6.45) is 1.52. The number of H-pyrrole nitrogens is 1. The second kappa shape index (κ2) is 8.43. The maximum atomic E-state index is 13.3. The topological polar surface area (TPSA) is 84.8 Å². The summed E-state index contributed by atoms with van der Waals surface area (Å²) in [5, 5.41) is 14.3. The van der Waals surface area contributed by atoms with E-state index in [9.17, 15) is 9.18 Å². The lowest BCUT2D eigenvalue weighted by molar-refractivity contribution is 0.102. The largest absolute Gasteiger partial charge is 0.496 e. The molecule has 31 heavy (non-hydrogen) atoms. The Hall–Kier alpha value is -3.94. The highest BCUT2D eigenvalue weighted by Gasteiger charge is 2.22. The minimum Gasteiger partial charge on any atom is -0.496 e. The van der Waals surface area contributed by atoms with E-state index in [1.165, 1.54) is 18.3 Å². The Balaban J connectivity index is 1.61. The molecule has 0 fully saturated rings. The molecule has 158 valence electrons. The molecule has 2 heterocycles. The summed E-state index contributed by atoms with van der Waals surface area (Å²) in [7, 11) is 1.60. The maximum Gasteiger partial charge on any atom is 0.260 e. The van der Waals surface area contributed by atoms with Gasteiger partial charge in [0, 0.05) is 11.6 Å². The van der Waals surface area contributed by atoms with Crippen LogP contribution in [-0.2, 0) is 0 Å². The molecule has 0 saturated carbocycles. The Labute approximate surface area is 178 Å². The molecule has 8 heteroatoms. The van der Waals surface area contributed by atoms with Crippen molar-refractivity contribution in [3.8, 4) is 22.7 Å². The van der Waals surface area contributed by atoms with E-state index in [1.54, 1.807) is 30.0 Å². The molecule has 0 unspecified atom stereocenters. The molecule has 0 radical (unpaired) electrons. The third kappa shape index (κ3) is 4.05. The highest BCUT2D eigenvalue weighted by Crippen LogP contribution is 2.30. The highest BCUT2D eigenvalue weighted by atomic mass is 19.1. The minimum absolute atomic E-state index is 0.0108. The van der Waals surface area contributed by atoms with E-state index in [0.717, 1.165) is 17.0 Å². The minimum atomic E-state index is -0.329. The van der Waals surface area contributed by atoms with Crippen molar-refractivity contribution in [1.82, 2.24) is 20.0 Å². The zero-order chi connectivity index (χ0) is 22.0. The Bertz CT molecular complexity index is 1210. The van der Waals surface area contributed by atoms with Gasteiger partial charge in [0.15, 0.2) is 5.82 Å². The summed E-state index contributed by atoms with van der Waals surface area (Å²) in [6.45, 7) is 3.95. The van der Waals surface area contributed by atoms with Gasteiger partial charge in [0.25, 0.3) is 5.91 Å². The first kappa shape index (κ1) is 20.3. The van der Waals surface area contributed by atoms with Gasteiger partial charge in [0.05, 0.1) is 35.9 Å². The number of nitrogens with one attached hydrogen (secondary N) is 2. The average molecular weight is 419 g/mol. The van der Waals surface area contributed by atoms with Crippen molar-refractivity contribution in [1.29, 1.82) is 0 Å². The summed E-state index contributed by atoms with van der Waals surface area (Å²) in [5.41, 5.74) is 3.40. The molecule has 0 aliphatic carbocycles. The Morgan fingerprint density at radius 2 is 1.90 bits per heavy atom. The Morgan fingerprint density at radius 1 is 1.16 bits per heavy atom. The molecule has 2 aromatic heterocycles. The van der Waals surface area contributed by atoms with E-state index in [2.05, 4.69) is 20.6 Å². The number of rotatable bonds is 6. The number of aromatic amines is 1. The molecule has 4 aromatic rings. The van der Waals surface area contributed by atoms with Crippen molar-refractivity contribution >= 4 is 11.7 Å². The van der Waals surface area contributed by atoms with Crippen molar-refractivity contribution in [2.45, 2.75) is 19.8 Å². The number of methoxy groups -OCH3 is 1. The number of benzene rings is 2. The number of aromatic nitrogens is 4. The quantitative estimate of drug-likeness (QED) is 0.471. The Kier molecular flexibility index (Phi) is 5.53. The molecule has 0 atom stereocenters. The summed E-state index contributed by atoms with van der Waals surface area (Å²) < 4.78 is 20.3. The Morgan fingerprint density at radius 3 is 2.61 bits per heavy atom. The normalized spacial score (nSPS) is 11.0. The van der Waals surface area contributed by atoms with Gasteiger partial charge in [-0.2, -0.15) is 10.2 Å². The fourth-order valence-electron chi connectivity index (χ4n) is 3.45. The van der Waals surface area contributed by atoms with Gasteiger partial charge in [-0.3, -0.25) is 9.89 Å². The number of anilines is 1. The predicted molar refractivity (Wildman–Crippen MR) is 116 cm³/mol. The molecule has 2 aromatic carbocycles. The van der Waals surface area contributed by atoms with Crippen molar-refractivity contribution in [2.75, 3.05) is 12.4 Å². The van der Waals surface area contributed by atoms with Crippen LogP contribution in [0.1, 0.15) is 35.8 Å². The van der Waals surface area contributed by atoms with Crippen molar-refractivity contribution in [3.63, 3.8) is 0 Å². The van der Waals surface area contributed by atoms with Crippen LogP contribution in [0.5, 0.6) is 5.75 Å². The van der Waals surface area contributed by atoms with E-state index in [-0.39, 0.29) is 17.6 Å². The van der Waals surface area contributed by atoms with Crippen LogP contribution >= 0.6 is 0 Å². The number of halogens is 1. The summed E-state index contributed by atoms with van der Waals surface area (Å²) >= 11 is 0. The lowest BCUT2D eigenvalue weighted by atomic mass is 10.0. The van der Waals surface area contributed by atoms with E-state index >= 15 is 0 Å². The van der Waals surface area contributed by atoms with Gasteiger partial charge in [-0.05, 0) is 42.3 Å². The van der Waals surface area contributed by atoms with Crippen molar-refractivity contribution in [2.24, 2.45) is 0 Å². The molecule has 2 N–H and O–H groups in total. The number of amides is 1. The number of hydrogen-bond donors (Lipinski definition) is 2. The van der Waals surface area contributed by atoms with Gasteiger partial charge in [-0.1, -0.05) is 26.0 Å². The molecule has 0 aliphatic rings. The van der Waals surface area contributed by atoms with Gasteiger partial charge in [-0.15, -0.1) is 0 Å². The van der Waals surface area contributed by atoms with Gasteiger partial charge < -0.3 is 10.1 Å². The lowest BCUT2D eigenvalue weighted by Gasteiger charge is -2.12. The fourth-order valence-corrected chi connectivity index (χ4v) is 3.45. The molecular weight excluding hydrogens is 397 g/mol. The first-order valence-corrected chi connectivity index (χ1v) is 9.82. The summed E-state index contributed by atoms with van der Waals surface area (Å²) in [5.74, 6) is 0.443. The molecule has 0 spiro atoms. The average Bonchev–Trinajstić information content (AvgIpc) is 3.41. The monoisotopic (exact) mass is 419 g/mol. The van der Waals surface area contributed by atoms with Crippen LogP contribution in [-0.4, -0.2) is 33.0 Å². The van der Waals surface area contributed by atoms with Crippen molar-refractivity contribution < 1.29 is 13.9 Å². The zero-order valence-corrected chi connectivity index (χ0v) is 17.4. The second-order valence-corrected chi connectivity index (χ2v) is 7.31. The first-order chi connectivity index (χ1) is 15.0. The van der Waals surface area contributed by atoms with E-state index in [4.69, 9.17) is 4.74 Å². The maximum absolute atomic E-state index is 13.3. The molecule has 1 amide bonds. The number of nitrogens with zero attached hydrogens (tertiary/aromatic N) is 3. The SMILES string of the molecule is COc1ccccc1-c1cc(NC(=O)c2cnn(-c3ccc(F)cc3)c2C(C)C)n[nH]1. The molecular formula is C23H22FN5O2. The summed E-state index contributed by atoms with van der Waals surface area (Å²) in [4.78, 5) is 13.0. The van der Waals surface area contributed by atoms with Gasteiger partial charge in [-0.25, -0.2) is 9.07 Å². The van der Waals surface area contributed by atoms with Crippen LogP contribution in [0, 0.1) is 5.82 Å². The molecule has 4 rings (SSSR count). The summed E-state index contributed by atoms with van der Waals surface area (Å²) in [6, 6.07) is 15.3. The predicted octanol–water partition coefficient (Wildman–Crippen LogP) is 4.79. The third-order valence-corrected chi connectivity index (χ3v) is 4.89. The standard InChI is InChI=1S/C23H22FN5O2/c1-14(2)22-18(13-25-29(22)16-10-8-15(24)9-11-16)23(30)26-21-12-19(27-28-21)17-6-4-5-7-20(17)31-3/h4-14H,1-3H3,(H2,26,27,28,30). The van der Waals surface area contributed by atoms with Gasteiger partial charge in [0.2, 0.25) is 0 Å². The van der Waals surface area contributed by atoms with Crippen LogP contribution in [0.15, 0.2) is 60.8 Å². The van der Waals surface area contributed by atoms with E-state index in [1.807, 2.05) is 38.1 Å². The second-order valence-electron chi connectivity index (χ2n) is 7.31. The molecule has 7 nitrogen and oxygen atoms in total. The van der Waals surface area contributed by atoms with Crippen LogP contribution in [0.2, 0.25) is 0 Å². The van der Waals surface area contributed by atoms with E-state index < -0.39 is 0 Å². The molecule has 0 saturated heterocycles. The highest BCUT2D eigenvalue weighted by molar-refractivity contribution is 6.04. The number of hydrogen-bond acceptors (Lipinski definition) is 4. The lowest BCUT2D eigenvalue weighted by Crippen LogP contribution is -2.15. The van der Waals surface area contributed by atoms with E-state index in [0.29, 0.717) is 22.8 Å². The van der Waals surface area contributed by atoms with Crippen molar-refractivity contribution in [3.05, 3.63) is 77.9 Å². The number of para-hydroxylation sites is 1. The van der Waals surface area contributed by atoms with Gasteiger partial charge in [0.1, 0.15) is 11.6 Å². The number of carbonyl (C=O) groups is 1. The van der Waals surface area contributed by atoms with Crippen LogP contribution in [0.25, 0.3) is 16.9 Å². The number of ether oxygens (including phenoxy) is 1. The smallest absolute Gasteiger partial charge is 0.260 e. The van der Waals surface area contributed by atoms with Crippen LogP contribution in [0.3, 0.4) is 0 Å².